The second-order valence-corrected chi connectivity index (χ2v) is 4.57. The lowest BCUT2D eigenvalue weighted by Gasteiger charge is -2.24. The van der Waals surface area contributed by atoms with E-state index in [1.54, 1.807) is 0 Å². The van der Waals surface area contributed by atoms with Crippen LogP contribution in [-0.2, 0) is 13.1 Å². The summed E-state index contributed by atoms with van der Waals surface area (Å²) < 4.78 is 0. The predicted octanol–water partition coefficient (Wildman–Crippen LogP) is 2.77. The fraction of sp³-hybridized carbons (Fsp3) is 0.571. The Morgan fingerprint density at radius 3 is 2.25 bits per heavy atom. The van der Waals surface area contributed by atoms with Crippen LogP contribution >= 0.6 is 0 Å². The zero-order valence-corrected chi connectivity index (χ0v) is 10.7. The van der Waals surface area contributed by atoms with Gasteiger partial charge in [-0.3, -0.25) is 4.90 Å². The topological polar surface area (TPSA) is 29.3 Å². The third-order valence-corrected chi connectivity index (χ3v) is 3.15. The first kappa shape index (κ1) is 13.2. The minimum Gasteiger partial charge on any atom is -0.326 e. The summed E-state index contributed by atoms with van der Waals surface area (Å²) >= 11 is 0. The number of nitrogens with zero attached hydrogens (tertiary/aromatic N) is 1. The average molecular weight is 220 g/mol. The minimum absolute atomic E-state index is 0.627. The van der Waals surface area contributed by atoms with E-state index < -0.39 is 0 Å². The summed E-state index contributed by atoms with van der Waals surface area (Å²) in [6, 6.07) is 9.25. The number of benzene rings is 1. The lowest BCUT2D eigenvalue weighted by Crippen LogP contribution is -2.28. The summed E-state index contributed by atoms with van der Waals surface area (Å²) in [7, 11) is 2.19. The molecule has 0 saturated carbocycles. The first-order valence-corrected chi connectivity index (χ1v) is 6.15. The first-order chi connectivity index (χ1) is 7.67. The molecule has 0 bridgehead atoms. The molecular weight excluding hydrogens is 196 g/mol. The number of hydrogen-bond donors (Lipinski definition) is 1. The van der Waals surface area contributed by atoms with E-state index in [-0.39, 0.29) is 0 Å². The van der Waals surface area contributed by atoms with E-state index in [0.717, 1.165) is 6.54 Å². The van der Waals surface area contributed by atoms with E-state index in [0.29, 0.717) is 12.6 Å². The monoisotopic (exact) mass is 220 g/mol. The summed E-state index contributed by atoms with van der Waals surface area (Å²) in [5.41, 5.74) is 8.14. The van der Waals surface area contributed by atoms with Crippen LogP contribution in [0.1, 0.15) is 37.8 Å². The molecule has 0 spiro atoms. The molecule has 1 unspecified atom stereocenters. The highest BCUT2D eigenvalue weighted by molar-refractivity contribution is 5.22. The van der Waals surface area contributed by atoms with Crippen LogP contribution in [0.3, 0.4) is 0 Å². The van der Waals surface area contributed by atoms with E-state index >= 15 is 0 Å². The number of hydrogen-bond acceptors (Lipinski definition) is 2. The Kier molecular flexibility index (Phi) is 5.50. The molecule has 2 N–H and O–H groups in total. The van der Waals surface area contributed by atoms with Crippen molar-refractivity contribution >= 4 is 0 Å². The Morgan fingerprint density at radius 2 is 1.75 bits per heavy atom. The molecule has 0 aliphatic rings. The number of rotatable bonds is 6. The van der Waals surface area contributed by atoms with Gasteiger partial charge >= 0.3 is 0 Å². The molecule has 1 aromatic rings. The zero-order chi connectivity index (χ0) is 12.0. The van der Waals surface area contributed by atoms with Crippen LogP contribution in [-0.4, -0.2) is 18.0 Å². The number of nitrogens with two attached hydrogens (primary N) is 1. The van der Waals surface area contributed by atoms with E-state index in [4.69, 9.17) is 5.73 Å². The van der Waals surface area contributed by atoms with Crippen molar-refractivity contribution in [2.45, 2.75) is 45.8 Å². The molecule has 0 amide bonds. The molecule has 0 aliphatic heterocycles. The average Bonchev–Trinajstić information content (AvgIpc) is 2.30. The van der Waals surface area contributed by atoms with Gasteiger partial charge in [-0.1, -0.05) is 37.6 Å². The third kappa shape index (κ3) is 3.95. The Hall–Kier alpha value is -0.860. The van der Waals surface area contributed by atoms with Crippen molar-refractivity contribution < 1.29 is 0 Å². The van der Waals surface area contributed by atoms with Gasteiger partial charge in [-0.05, 0) is 31.5 Å². The molecule has 1 aromatic carbocycles. The fourth-order valence-corrected chi connectivity index (χ4v) is 1.86. The van der Waals surface area contributed by atoms with Gasteiger partial charge < -0.3 is 5.73 Å². The highest BCUT2D eigenvalue weighted by atomic mass is 15.1. The summed E-state index contributed by atoms with van der Waals surface area (Å²) in [6.07, 6.45) is 2.51. The molecule has 0 radical (unpaired) electrons. The van der Waals surface area contributed by atoms with Gasteiger partial charge in [0.1, 0.15) is 0 Å². The highest BCUT2D eigenvalue weighted by Crippen LogP contribution is 2.10. The maximum Gasteiger partial charge on any atom is 0.0233 e. The molecule has 16 heavy (non-hydrogen) atoms. The van der Waals surface area contributed by atoms with Gasteiger partial charge in [0.15, 0.2) is 0 Å². The van der Waals surface area contributed by atoms with Crippen LogP contribution in [0.2, 0.25) is 0 Å². The molecule has 1 atom stereocenters. The van der Waals surface area contributed by atoms with Crippen LogP contribution in [0.25, 0.3) is 0 Å². The van der Waals surface area contributed by atoms with Crippen molar-refractivity contribution in [3.05, 3.63) is 35.4 Å². The predicted molar refractivity (Wildman–Crippen MR) is 70.2 cm³/mol. The van der Waals surface area contributed by atoms with Crippen LogP contribution < -0.4 is 5.73 Å². The fourth-order valence-electron chi connectivity index (χ4n) is 1.86. The van der Waals surface area contributed by atoms with Crippen molar-refractivity contribution in [2.75, 3.05) is 7.05 Å². The Labute approximate surface area is 99.5 Å². The highest BCUT2D eigenvalue weighted by Gasteiger charge is 2.08. The normalized spacial score (nSPS) is 13.1. The van der Waals surface area contributed by atoms with Crippen molar-refractivity contribution in [2.24, 2.45) is 5.73 Å². The Bertz CT molecular complexity index is 292. The maximum absolute atomic E-state index is 5.58. The molecule has 0 aromatic heterocycles. The van der Waals surface area contributed by atoms with Gasteiger partial charge in [0.2, 0.25) is 0 Å². The van der Waals surface area contributed by atoms with E-state index in [9.17, 15) is 0 Å². The molecule has 2 nitrogen and oxygen atoms in total. The van der Waals surface area contributed by atoms with Gasteiger partial charge in [0.05, 0.1) is 0 Å². The van der Waals surface area contributed by atoms with E-state index in [1.807, 2.05) is 0 Å². The van der Waals surface area contributed by atoms with Crippen molar-refractivity contribution in [1.82, 2.24) is 4.90 Å². The second kappa shape index (κ2) is 6.66. The largest absolute Gasteiger partial charge is 0.326 e. The SMILES string of the molecule is CCCC(C)N(C)Cc1ccc(CN)cc1. The van der Waals surface area contributed by atoms with E-state index in [1.165, 1.54) is 24.0 Å². The van der Waals surface area contributed by atoms with Crippen molar-refractivity contribution in [1.29, 1.82) is 0 Å². The molecule has 1 rings (SSSR count). The van der Waals surface area contributed by atoms with Crippen molar-refractivity contribution in [3.8, 4) is 0 Å². The van der Waals surface area contributed by atoms with Gasteiger partial charge in [-0.2, -0.15) is 0 Å². The molecule has 0 heterocycles. The van der Waals surface area contributed by atoms with E-state index in [2.05, 4.69) is 50.1 Å². The maximum atomic E-state index is 5.58. The third-order valence-electron chi connectivity index (χ3n) is 3.15. The molecular formula is C14H24N2. The standard InChI is InChI=1S/C14H24N2/c1-4-5-12(2)16(3)11-14-8-6-13(10-15)7-9-14/h6-9,12H,4-5,10-11,15H2,1-3H3. The van der Waals surface area contributed by atoms with Crippen LogP contribution in [0.15, 0.2) is 24.3 Å². The van der Waals surface area contributed by atoms with Gasteiger partial charge in [-0.15, -0.1) is 0 Å². The Morgan fingerprint density at radius 1 is 1.19 bits per heavy atom. The Balaban J connectivity index is 2.52. The smallest absolute Gasteiger partial charge is 0.0233 e. The second-order valence-electron chi connectivity index (χ2n) is 4.57. The molecule has 0 fully saturated rings. The summed E-state index contributed by atoms with van der Waals surface area (Å²) in [6.45, 7) is 6.17. The first-order valence-electron chi connectivity index (χ1n) is 6.15. The van der Waals surface area contributed by atoms with Gasteiger partial charge in [0, 0.05) is 19.1 Å². The zero-order valence-electron chi connectivity index (χ0n) is 10.7. The molecule has 0 saturated heterocycles. The van der Waals surface area contributed by atoms with Crippen molar-refractivity contribution in [3.63, 3.8) is 0 Å². The lowest BCUT2D eigenvalue weighted by molar-refractivity contribution is 0.237. The molecule has 90 valence electrons. The lowest BCUT2D eigenvalue weighted by atomic mass is 10.1. The summed E-state index contributed by atoms with van der Waals surface area (Å²) in [5, 5.41) is 0. The summed E-state index contributed by atoms with van der Waals surface area (Å²) in [4.78, 5) is 2.40. The van der Waals surface area contributed by atoms with Gasteiger partial charge in [-0.25, -0.2) is 0 Å². The van der Waals surface area contributed by atoms with Crippen LogP contribution in [0, 0.1) is 0 Å². The summed E-state index contributed by atoms with van der Waals surface area (Å²) in [5.74, 6) is 0. The van der Waals surface area contributed by atoms with Crippen LogP contribution in [0.4, 0.5) is 0 Å². The molecule has 2 heteroatoms. The molecule has 0 aliphatic carbocycles. The van der Waals surface area contributed by atoms with Crippen LogP contribution in [0.5, 0.6) is 0 Å². The quantitative estimate of drug-likeness (QED) is 0.798. The van der Waals surface area contributed by atoms with Gasteiger partial charge in [0.25, 0.3) is 0 Å². The minimum atomic E-state index is 0.627.